The minimum Gasteiger partial charge on any atom is -0.748 e. The van der Waals surface area contributed by atoms with E-state index in [0.717, 1.165) is 4.90 Å². The summed E-state index contributed by atoms with van der Waals surface area (Å²) in [4.78, 5) is 150. The Morgan fingerprint density at radius 3 is 1.18 bits per heavy atom. The Hall–Kier alpha value is -9.92. The monoisotopic (exact) mass is 1350 g/mol. The number of hydrogen-bond donors (Lipinski definition) is 9. The Morgan fingerprint density at radius 1 is 0.423 bits per heavy atom. The number of nitrogens with one attached hydrogen (secondary N) is 8. The number of quaternary nitrogens is 1. The first kappa shape index (κ1) is 76.1. The Balaban J connectivity index is 1.13. The van der Waals surface area contributed by atoms with Gasteiger partial charge in [-0.2, -0.15) is 0 Å². The van der Waals surface area contributed by atoms with Gasteiger partial charge in [0.25, 0.3) is 11.8 Å². The number of rotatable bonds is 42. The van der Waals surface area contributed by atoms with Crippen LogP contribution >= 0.6 is 0 Å². The summed E-state index contributed by atoms with van der Waals surface area (Å²) in [5, 5.41) is 32.5. The van der Waals surface area contributed by atoms with Crippen molar-refractivity contribution in [3.8, 4) is 0 Å². The maximum absolute atomic E-state index is 14.9. The molecule has 1 heterocycles. The molecule has 0 aromatic heterocycles. The van der Waals surface area contributed by atoms with Crippen LogP contribution in [0.2, 0.25) is 0 Å². The number of benzene rings is 5. The van der Waals surface area contributed by atoms with E-state index in [2.05, 4.69) is 42.5 Å². The van der Waals surface area contributed by atoms with E-state index in [0.29, 0.717) is 53.7 Å². The van der Waals surface area contributed by atoms with Crippen LogP contribution in [0.4, 0.5) is 0 Å². The van der Waals surface area contributed by atoms with Crippen molar-refractivity contribution in [1.82, 2.24) is 47.4 Å². The second kappa shape index (κ2) is 39.2. The van der Waals surface area contributed by atoms with Crippen molar-refractivity contribution in [3.63, 3.8) is 0 Å². The molecule has 5 aromatic rings. The zero-order valence-corrected chi connectivity index (χ0v) is 55.5. The molecule has 1 aliphatic heterocycles. The molecular formula is C71H88N10O15S. The third-order valence-electron chi connectivity index (χ3n) is 16.1. The molecule has 1 aliphatic rings. The molecular weight excluding hydrogens is 1260 g/mol. The third-order valence-corrected chi connectivity index (χ3v) is 16.9. The number of carboxylic acid groups (broad SMARTS) is 1. The molecule has 6 rings (SSSR count). The highest BCUT2D eigenvalue weighted by Gasteiger charge is 2.34. The predicted molar refractivity (Wildman–Crippen MR) is 360 cm³/mol. The molecule has 26 heteroatoms. The van der Waals surface area contributed by atoms with Gasteiger partial charge < -0.3 is 56.7 Å². The standard InChI is InChI=1S/C71H88N10O15S/c1-81(2,42-22-44-97(94,95)96)43-40-73-66(87)55(33-18-19-39-72-61(82)36-21-41-80-64(85)37-38-65(80)86)74-62(83)34-20-35-63(84)75-56(45-50-23-8-3-9-24-50)67(88)76-57(46-51-25-10-4-11-26-51)68(89)77-58(47-52-27-12-5-13-28-52)69(90)78-59(48-53-29-14-6-15-30-53)70(91)79-60(71(92)93)49-54-31-16-7-17-32-54/h3-17,23-32,37-38,55-60H,18-22,33-36,39-49H2,1-2H3,(H9-,72,73,74,75,76,77,78,79,82,83,84,87,88,89,90,91,92,93,94,95,96). The van der Waals surface area contributed by atoms with Crippen molar-refractivity contribution >= 4 is 75.2 Å². The first-order valence-electron chi connectivity index (χ1n) is 32.5. The molecule has 0 aliphatic carbocycles. The lowest BCUT2D eigenvalue weighted by molar-refractivity contribution is -0.889. The van der Waals surface area contributed by atoms with E-state index in [9.17, 15) is 70.8 Å². The number of amides is 10. The van der Waals surface area contributed by atoms with Crippen LogP contribution in [0, 0.1) is 0 Å². The average Bonchev–Trinajstić information content (AvgIpc) is 1.40. The normalized spacial score (nSPS) is 13.9. The van der Waals surface area contributed by atoms with E-state index in [1.54, 1.807) is 152 Å². The lowest BCUT2D eigenvalue weighted by Crippen LogP contribution is -2.60. The molecule has 10 amide bonds. The van der Waals surface area contributed by atoms with E-state index >= 15 is 0 Å². The van der Waals surface area contributed by atoms with Gasteiger partial charge in [-0.05, 0) is 59.9 Å². The number of aliphatic carboxylic acids is 1. The van der Waals surface area contributed by atoms with Crippen molar-refractivity contribution in [2.45, 2.75) is 126 Å². The fraction of sp³-hybridized carbons (Fsp3) is 0.394. The highest BCUT2D eigenvalue weighted by Crippen LogP contribution is 2.14. The van der Waals surface area contributed by atoms with Crippen LogP contribution in [0.1, 0.15) is 85.6 Å². The van der Waals surface area contributed by atoms with E-state index < -0.39 is 111 Å². The molecule has 0 fully saturated rings. The molecule has 9 N–H and O–H groups in total. The summed E-state index contributed by atoms with van der Waals surface area (Å²) >= 11 is 0. The second-order valence-corrected chi connectivity index (χ2v) is 26.0. The predicted octanol–water partition coefficient (Wildman–Crippen LogP) is 2.48. The van der Waals surface area contributed by atoms with Gasteiger partial charge in [0.1, 0.15) is 36.3 Å². The zero-order valence-electron chi connectivity index (χ0n) is 54.7. The van der Waals surface area contributed by atoms with Gasteiger partial charge in [0.15, 0.2) is 0 Å². The summed E-state index contributed by atoms with van der Waals surface area (Å²) < 4.78 is 33.9. The van der Waals surface area contributed by atoms with Gasteiger partial charge in [0.2, 0.25) is 47.3 Å². The Labute approximate surface area is 565 Å². The van der Waals surface area contributed by atoms with Gasteiger partial charge in [-0.25, -0.2) is 13.2 Å². The lowest BCUT2D eigenvalue weighted by atomic mass is 10.00. The molecule has 6 atom stereocenters. The van der Waals surface area contributed by atoms with Gasteiger partial charge in [0, 0.05) is 88.8 Å². The number of nitrogens with zero attached hydrogens (tertiary/aromatic N) is 2. The van der Waals surface area contributed by atoms with Crippen LogP contribution in [-0.2, 0) is 95.0 Å². The van der Waals surface area contributed by atoms with Crippen molar-refractivity contribution in [2.24, 2.45) is 0 Å². The Bertz CT molecular complexity index is 3570. The zero-order chi connectivity index (χ0) is 70.2. The number of imide groups is 1. The molecule has 0 radical (unpaired) electrons. The molecule has 97 heavy (non-hydrogen) atoms. The first-order chi connectivity index (χ1) is 46.4. The van der Waals surface area contributed by atoms with Crippen molar-refractivity contribution in [2.75, 3.05) is 52.6 Å². The van der Waals surface area contributed by atoms with Gasteiger partial charge in [0.05, 0.1) is 43.8 Å². The van der Waals surface area contributed by atoms with Crippen LogP contribution < -0.4 is 42.5 Å². The number of carbonyl (C=O) groups is 11. The van der Waals surface area contributed by atoms with Crippen molar-refractivity contribution in [3.05, 3.63) is 192 Å². The summed E-state index contributed by atoms with van der Waals surface area (Å²) in [5.74, 6) is -7.79. The Morgan fingerprint density at radius 2 is 0.784 bits per heavy atom. The fourth-order valence-electron chi connectivity index (χ4n) is 10.8. The lowest BCUT2D eigenvalue weighted by Gasteiger charge is -2.30. The average molecular weight is 1350 g/mol. The minimum atomic E-state index is -4.41. The number of unbranched alkanes of at least 4 members (excludes halogenated alkanes) is 1. The van der Waals surface area contributed by atoms with Gasteiger partial charge in [-0.15, -0.1) is 0 Å². The van der Waals surface area contributed by atoms with Crippen LogP contribution in [0.25, 0.3) is 0 Å². The molecule has 0 saturated carbocycles. The third kappa shape index (κ3) is 28.5. The maximum Gasteiger partial charge on any atom is 0.326 e. The molecule has 0 spiro atoms. The van der Waals surface area contributed by atoms with Crippen molar-refractivity contribution in [1.29, 1.82) is 0 Å². The Kier molecular flexibility index (Phi) is 30.8. The van der Waals surface area contributed by atoms with Gasteiger partial charge in [-0.3, -0.25) is 52.8 Å². The van der Waals surface area contributed by atoms with Gasteiger partial charge in [-0.1, -0.05) is 152 Å². The summed E-state index contributed by atoms with van der Waals surface area (Å²) in [6, 6.07) is 36.2. The van der Waals surface area contributed by atoms with Crippen LogP contribution in [0.15, 0.2) is 164 Å². The maximum atomic E-state index is 14.9. The van der Waals surface area contributed by atoms with Crippen LogP contribution in [-0.4, -0.2) is 181 Å². The molecule has 5 aromatic carbocycles. The molecule has 0 bridgehead atoms. The number of carboxylic acids is 1. The molecule has 0 saturated heterocycles. The first-order valence-corrected chi connectivity index (χ1v) is 34.0. The van der Waals surface area contributed by atoms with Crippen molar-refractivity contribution < 1.29 is 75.3 Å². The number of hydrogen-bond acceptors (Lipinski definition) is 14. The smallest absolute Gasteiger partial charge is 0.326 e. The SMILES string of the molecule is C[N+](C)(CCCS(=O)(=O)[O-])CCNC(=O)C(CCCCNC(=O)CCCN1C(=O)C=CC1=O)NC(=O)CCCC(=O)NC(Cc1ccccc1)C(=O)NC(Cc1ccccc1)C(=O)NC(Cc1ccccc1)C(=O)NC(Cc1ccccc1)C(=O)NC(Cc1ccccc1)C(=O)O. The summed E-state index contributed by atoms with van der Waals surface area (Å²) in [6.45, 7) is 1.15. The van der Waals surface area contributed by atoms with E-state index in [4.69, 9.17) is 0 Å². The quantitative estimate of drug-likeness (QED) is 0.0117. The minimum absolute atomic E-state index is 0.0232. The highest BCUT2D eigenvalue weighted by atomic mass is 32.2. The van der Waals surface area contributed by atoms with E-state index in [-0.39, 0.29) is 107 Å². The van der Waals surface area contributed by atoms with Gasteiger partial charge >= 0.3 is 5.97 Å². The second-order valence-electron chi connectivity index (χ2n) is 24.5. The molecule has 518 valence electrons. The number of carbonyl (C=O) groups excluding carboxylic acids is 10. The van der Waals surface area contributed by atoms with E-state index in [1.807, 2.05) is 14.1 Å². The molecule has 6 unspecified atom stereocenters. The van der Waals surface area contributed by atoms with Crippen LogP contribution in [0.5, 0.6) is 0 Å². The topological polar surface area (TPSA) is 365 Å². The largest absolute Gasteiger partial charge is 0.748 e. The van der Waals surface area contributed by atoms with E-state index in [1.165, 1.54) is 12.2 Å². The summed E-state index contributed by atoms with van der Waals surface area (Å²) in [6.07, 6.45) is 2.96. The highest BCUT2D eigenvalue weighted by molar-refractivity contribution is 7.85. The molecule has 25 nitrogen and oxygen atoms in total. The number of likely N-dealkylation sites (N-methyl/N-ethyl adjacent to an activating group) is 1. The summed E-state index contributed by atoms with van der Waals surface area (Å²) in [5.41, 5.74) is 3.23. The fourth-order valence-corrected chi connectivity index (χ4v) is 11.3. The summed E-state index contributed by atoms with van der Waals surface area (Å²) in [7, 11) is -0.782. The van der Waals surface area contributed by atoms with Crippen LogP contribution in [0.3, 0.4) is 0 Å².